The number of nitrogens with one attached hydrogen (secondary N) is 1. The van der Waals surface area contributed by atoms with Gasteiger partial charge in [0.2, 0.25) is 10.0 Å². The fourth-order valence-corrected chi connectivity index (χ4v) is 4.99. The lowest BCUT2D eigenvalue weighted by molar-refractivity contribution is 0.307. The SMILES string of the molecule is CCC(CC)(NS(=O)(=O)CS(C)(=O)=O)C(N)=NO. The number of sulfone groups is 1. The van der Waals surface area contributed by atoms with Crippen molar-refractivity contribution in [3.8, 4) is 0 Å². The predicted molar refractivity (Wildman–Crippen MR) is 68.5 cm³/mol. The van der Waals surface area contributed by atoms with E-state index >= 15 is 0 Å². The zero-order valence-electron chi connectivity index (χ0n) is 10.5. The Kier molecular flexibility index (Phi) is 5.56. The Hall–Kier alpha value is -0.870. The van der Waals surface area contributed by atoms with Gasteiger partial charge in [-0.2, -0.15) is 0 Å². The molecule has 0 amide bonds. The van der Waals surface area contributed by atoms with Crippen molar-refractivity contribution in [1.29, 1.82) is 0 Å². The van der Waals surface area contributed by atoms with Crippen LogP contribution in [0, 0.1) is 0 Å². The predicted octanol–water partition coefficient (Wildman–Crippen LogP) is -0.787. The third kappa shape index (κ3) is 4.78. The monoisotopic (exact) mass is 301 g/mol. The average molecular weight is 301 g/mol. The lowest BCUT2D eigenvalue weighted by Gasteiger charge is -2.30. The zero-order chi connectivity index (χ0) is 14.6. The smallest absolute Gasteiger partial charge is 0.226 e. The maximum absolute atomic E-state index is 11.7. The molecule has 0 bridgehead atoms. The summed E-state index contributed by atoms with van der Waals surface area (Å²) in [6.07, 6.45) is 1.26. The first-order valence-corrected chi connectivity index (χ1v) is 8.90. The van der Waals surface area contributed by atoms with Crippen molar-refractivity contribution >= 4 is 25.7 Å². The molecule has 0 aliphatic rings. The molecule has 0 fully saturated rings. The number of sulfonamides is 1. The highest BCUT2D eigenvalue weighted by atomic mass is 32.3. The molecule has 10 heteroatoms. The Morgan fingerprint density at radius 1 is 1.28 bits per heavy atom. The Bertz CT molecular complexity index is 505. The highest BCUT2D eigenvalue weighted by Crippen LogP contribution is 2.17. The van der Waals surface area contributed by atoms with Gasteiger partial charge in [0.15, 0.2) is 20.8 Å². The van der Waals surface area contributed by atoms with Gasteiger partial charge in [-0.05, 0) is 12.8 Å². The van der Waals surface area contributed by atoms with E-state index in [0.29, 0.717) is 0 Å². The van der Waals surface area contributed by atoms with Gasteiger partial charge in [0, 0.05) is 6.26 Å². The van der Waals surface area contributed by atoms with E-state index in [1.54, 1.807) is 13.8 Å². The summed E-state index contributed by atoms with van der Waals surface area (Å²) in [7, 11) is -7.78. The number of oxime groups is 1. The van der Waals surface area contributed by atoms with Crippen molar-refractivity contribution in [1.82, 2.24) is 4.72 Å². The molecule has 0 saturated carbocycles. The molecular formula is C8H19N3O5S2. The molecule has 0 unspecified atom stereocenters. The summed E-state index contributed by atoms with van der Waals surface area (Å²) >= 11 is 0. The topological polar surface area (TPSA) is 139 Å². The summed E-state index contributed by atoms with van der Waals surface area (Å²) < 4.78 is 47.7. The van der Waals surface area contributed by atoms with E-state index in [2.05, 4.69) is 9.88 Å². The van der Waals surface area contributed by atoms with Gasteiger partial charge in [0.05, 0.1) is 5.54 Å². The Labute approximate surface area is 107 Å². The Morgan fingerprint density at radius 2 is 1.72 bits per heavy atom. The third-order valence-electron chi connectivity index (χ3n) is 2.53. The summed E-state index contributed by atoms with van der Waals surface area (Å²) in [5.74, 6) is -0.301. The molecule has 0 aromatic rings. The average Bonchev–Trinajstić information content (AvgIpc) is 2.21. The first-order valence-electron chi connectivity index (χ1n) is 5.19. The molecule has 0 atom stereocenters. The quantitative estimate of drug-likeness (QED) is 0.244. The van der Waals surface area contributed by atoms with E-state index in [9.17, 15) is 16.8 Å². The summed E-state index contributed by atoms with van der Waals surface area (Å²) in [5.41, 5.74) is 4.19. The van der Waals surface area contributed by atoms with Crippen molar-refractivity contribution in [3.63, 3.8) is 0 Å². The lowest BCUT2D eigenvalue weighted by Crippen LogP contribution is -2.57. The van der Waals surface area contributed by atoms with E-state index in [0.717, 1.165) is 6.26 Å². The summed E-state index contributed by atoms with van der Waals surface area (Å²) in [5, 5.41) is 10.4. The van der Waals surface area contributed by atoms with Crippen LogP contribution in [0.5, 0.6) is 0 Å². The molecule has 0 aromatic heterocycles. The van der Waals surface area contributed by atoms with E-state index in [1.807, 2.05) is 0 Å². The lowest BCUT2D eigenvalue weighted by atomic mass is 9.93. The van der Waals surface area contributed by atoms with Crippen LogP contribution >= 0.6 is 0 Å². The molecule has 18 heavy (non-hydrogen) atoms. The van der Waals surface area contributed by atoms with Crippen molar-refractivity contribution in [2.75, 3.05) is 11.3 Å². The largest absolute Gasteiger partial charge is 0.409 e. The van der Waals surface area contributed by atoms with E-state index in [1.165, 1.54) is 0 Å². The maximum atomic E-state index is 11.7. The molecule has 0 heterocycles. The van der Waals surface area contributed by atoms with Crippen LogP contribution < -0.4 is 10.5 Å². The van der Waals surface area contributed by atoms with Crippen molar-refractivity contribution in [3.05, 3.63) is 0 Å². The Balaban J connectivity index is 5.38. The minimum Gasteiger partial charge on any atom is -0.409 e. The van der Waals surface area contributed by atoms with Crippen LogP contribution in [-0.2, 0) is 19.9 Å². The molecule has 0 saturated heterocycles. The van der Waals surface area contributed by atoms with Crippen LogP contribution in [0.15, 0.2) is 5.16 Å². The fourth-order valence-electron chi connectivity index (χ4n) is 1.51. The van der Waals surface area contributed by atoms with Crippen LogP contribution in [0.4, 0.5) is 0 Å². The number of nitrogens with two attached hydrogens (primary N) is 1. The second-order valence-corrected chi connectivity index (χ2v) is 8.26. The van der Waals surface area contributed by atoms with Gasteiger partial charge >= 0.3 is 0 Å². The minimum absolute atomic E-state index is 0.225. The summed E-state index contributed by atoms with van der Waals surface area (Å²) in [6, 6.07) is 0. The molecule has 0 aliphatic carbocycles. The number of amidine groups is 1. The van der Waals surface area contributed by atoms with Crippen LogP contribution in [0.1, 0.15) is 26.7 Å². The van der Waals surface area contributed by atoms with Crippen LogP contribution in [0.25, 0.3) is 0 Å². The standard InChI is InChI=1S/C8H19N3O5S2/c1-4-8(5-2,7(9)10-12)11-18(15,16)6-17(3,13)14/h11-12H,4-6H2,1-3H3,(H2,9,10). The molecule has 4 N–H and O–H groups in total. The molecule has 0 radical (unpaired) electrons. The van der Waals surface area contributed by atoms with Gasteiger partial charge in [0.25, 0.3) is 0 Å². The molecular weight excluding hydrogens is 282 g/mol. The normalized spacial score (nSPS) is 14.7. The molecule has 0 spiro atoms. The number of rotatable bonds is 7. The summed E-state index contributed by atoms with van der Waals surface area (Å²) in [4.78, 5) is 0. The number of hydrogen-bond acceptors (Lipinski definition) is 6. The van der Waals surface area contributed by atoms with Crippen LogP contribution in [-0.4, -0.2) is 44.8 Å². The zero-order valence-corrected chi connectivity index (χ0v) is 12.2. The molecule has 0 aromatic carbocycles. The first-order chi connectivity index (χ1) is 8.02. The van der Waals surface area contributed by atoms with E-state index in [-0.39, 0.29) is 18.7 Å². The highest BCUT2D eigenvalue weighted by Gasteiger charge is 2.36. The van der Waals surface area contributed by atoms with Gasteiger partial charge in [0.1, 0.15) is 0 Å². The van der Waals surface area contributed by atoms with E-state index in [4.69, 9.17) is 10.9 Å². The second-order valence-electron chi connectivity index (χ2n) is 4.03. The molecule has 108 valence electrons. The minimum atomic E-state index is -4.09. The maximum Gasteiger partial charge on any atom is 0.226 e. The highest BCUT2D eigenvalue weighted by molar-refractivity contribution is 8.06. The van der Waals surface area contributed by atoms with Crippen molar-refractivity contribution in [2.24, 2.45) is 10.9 Å². The van der Waals surface area contributed by atoms with Crippen molar-refractivity contribution in [2.45, 2.75) is 32.2 Å². The van der Waals surface area contributed by atoms with Crippen molar-refractivity contribution < 1.29 is 22.0 Å². The van der Waals surface area contributed by atoms with E-state index < -0.39 is 30.5 Å². The second kappa shape index (κ2) is 5.85. The van der Waals surface area contributed by atoms with Crippen LogP contribution in [0.2, 0.25) is 0 Å². The van der Waals surface area contributed by atoms with Gasteiger partial charge in [-0.15, -0.1) is 0 Å². The summed E-state index contributed by atoms with van der Waals surface area (Å²) in [6.45, 7) is 3.29. The molecule has 8 nitrogen and oxygen atoms in total. The Morgan fingerprint density at radius 3 is 2.00 bits per heavy atom. The van der Waals surface area contributed by atoms with Gasteiger partial charge < -0.3 is 10.9 Å². The number of hydrogen-bond donors (Lipinski definition) is 3. The fraction of sp³-hybridized carbons (Fsp3) is 0.875. The molecule has 0 rings (SSSR count). The van der Waals surface area contributed by atoms with Gasteiger partial charge in [-0.1, -0.05) is 19.0 Å². The van der Waals surface area contributed by atoms with Gasteiger partial charge in [-0.3, -0.25) is 0 Å². The first kappa shape index (κ1) is 17.1. The van der Waals surface area contributed by atoms with Crippen LogP contribution in [0.3, 0.4) is 0 Å². The van der Waals surface area contributed by atoms with Gasteiger partial charge in [-0.25, -0.2) is 21.6 Å². The third-order valence-corrected chi connectivity index (χ3v) is 6.18. The molecule has 0 aliphatic heterocycles. The number of nitrogens with zero attached hydrogens (tertiary/aromatic N) is 1.